The summed E-state index contributed by atoms with van der Waals surface area (Å²) in [5.41, 5.74) is 23.4. The molecule has 0 aliphatic carbocycles. The number of carbonyl (C=O) groups is 2. The molecule has 142 heavy (non-hydrogen) atoms. The third-order valence-corrected chi connectivity index (χ3v) is 27.5. The van der Waals surface area contributed by atoms with Crippen molar-refractivity contribution in [1.82, 2.24) is 108 Å². The van der Waals surface area contributed by atoms with Gasteiger partial charge >= 0.3 is 0 Å². The van der Waals surface area contributed by atoms with E-state index in [-0.39, 0.29) is 58.2 Å². The van der Waals surface area contributed by atoms with Gasteiger partial charge in [0.2, 0.25) is 0 Å². The molecule has 4 aliphatic rings. The Labute approximate surface area is 826 Å². The van der Waals surface area contributed by atoms with E-state index in [4.69, 9.17) is 23.2 Å². The minimum absolute atomic E-state index is 0.0828. The predicted molar refractivity (Wildman–Crippen MR) is 545 cm³/mol. The van der Waals surface area contributed by atoms with Crippen LogP contribution >= 0.6 is 23.2 Å². The van der Waals surface area contributed by atoms with E-state index in [0.29, 0.717) is 72.7 Å². The van der Waals surface area contributed by atoms with Gasteiger partial charge in [0.05, 0.1) is 51.9 Å². The Kier molecular flexibility index (Phi) is 26.6. The molecule has 0 unspecified atom stereocenters. The maximum Gasteiger partial charge on any atom is 0.270 e. The summed E-state index contributed by atoms with van der Waals surface area (Å²) in [6, 6.07) is 67.3. The van der Waals surface area contributed by atoms with Crippen LogP contribution in [0.3, 0.4) is 0 Å². The molecular weight excluding hydrogens is 1830 g/mol. The molecule has 0 saturated carbocycles. The summed E-state index contributed by atoms with van der Waals surface area (Å²) in [6.07, 6.45) is 34.6. The van der Waals surface area contributed by atoms with Crippen LogP contribution in [0, 0.1) is 44.0 Å². The molecule has 4 aliphatic heterocycles. The Morgan fingerprint density at radius 2 is 0.789 bits per heavy atom. The number of hydrogen-bond acceptors (Lipinski definition) is 17. The molecule has 0 spiro atoms. The largest absolute Gasteiger partial charge is 0.349 e. The highest BCUT2D eigenvalue weighted by molar-refractivity contribution is 6.31. The number of pyridine rings is 10. The second-order valence-corrected chi connectivity index (χ2v) is 38.3. The van der Waals surface area contributed by atoms with Crippen molar-refractivity contribution < 1.29 is 27.2 Å². The van der Waals surface area contributed by atoms with Crippen LogP contribution in [-0.2, 0) is 0 Å². The van der Waals surface area contributed by atoms with E-state index in [0.717, 1.165) is 156 Å². The zero-order valence-electron chi connectivity index (χ0n) is 78.9. The number of imidazole rings is 1. The highest BCUT2D eigenvalue weighted by Crippen LogP contribution is 2.43. The summed E-state index contributed by atoms with van der Waals surface area (Å²) < 4.78 is 65.0. The fraction of sp³-hybridized carbons (Fsp3) is 0.205. The van der Waals surface area contributed by atoms with Gasteiger partial charge in [-0.3, -0.25) is 48.7 Å². The molecule has 30 heteroatoms. The predicted octanol–water partition coefficient (Wildman–Crippen LogP) is 23.6. The van der Waals surface area contributed by atoms with Gasteiger partial charge < -0.3 is 10.6 Å². The molecule has 20 aromatic rings. The van der Waals surface area contributed by atoms with Gasteiger partial charge in [0.1, 0.15) is 53.6 Å². The van der Waals surface area contributed by atoms with Gasteiger partial charge in [-0.25, -0.2) is 55.6 Å². The van der Waals surface area contributed by atoms with Gasteiger partial charge in [0.15, 0.2) is 16.9 Å². The number of nitrogens with one attached hydrogen (secondary N) is 2. The summed E-state index contributed by atoms with van der Waals surface area (Å²) in [5, 5.41) is 24.7. The van der Waals surface area contributed by atoms with Gasteiger partial charge in [0.25, 0.3) is 11.8 Å². The van der Waals surface area contributed by atoms with Crippen molar-refractivity contribution in [3.63, 3.8) is 0 Å². The van der Waals surface area contributed by atoms with Crippen LogP contribution in [0.2, 0.25) is 10.0 Å². The van der Waals surface area contributed by atoms with Gasteiger partial charge in [-0.1, -0.05) is 77.3 Å². The van der Waals surface area contributed by atoms with E-state index >= 15 is 0 Å². The number of fused-ring (bicyclic) bond motifs is 7. The molecule has 4 atom stereocenters. The van der Waals surface area contributed by atoms with Crippen LogP contribution in [0.15, 0.2) is 312 Å². The monoisotopic (exact) mass is 1930 g/mol. The van der Waals surface area contributed by atoms with Crippen LogP contribution in [0.4, 0.5) is 17.6 Å². The molecule has 15 aromatic heterocycles. The molecular formula is C112H98Cl2F4N22O2. The van der Waals surface area contributed by atoms with E-state index in [9.17, 15) is 27.2 Å². The van der Waals surface area contributed by atoms with Crippen LogP contribution < -0.4 is 10.6 Å². The first-order valence-corrected chi connectivity index (χ1v) is 47.9. The molecule has 0 radical (unpaired) electrons. The van der Waals surface area contributed by atoms with Crippen molar-refractivity contribution in [2.75, 3.05) is 13.1 Å². The zero-order valence-corrected chi connectivity index (χ0v) is 80.4. The van der Waals surface area contributed by atoms with Crippen molar-refractivity contribution in [1.29, 1.82) is 0 Å². The van der Waals surface area contributed by atoms with E-state index < -0.39 is 0 Å². The lowest BCUT2D eigenvalue weighted by Crippen LogP contribution is -2.57. The number of halogens is 6. The molecule has 710 valence electrons. The second-order valence-electron chi connectivity index (χ2n) is 37.4. The molecule has 2 N–H and O–H groups in total. The standard InChI is InChI=1S/2C30H32FN5O.C18H13FN4.C17H10ClFN4.C17H11ClN4/c1-19-14-20(8-10-25(19)31)28-24(7-4-12-32-28)21-9-11-27-33-17-26(35(27)18-21)29(37)34-22-15-23-6-5-13-36(23)30(2,3)16-22;1-19-14-21(8-9-26(19)31)28-24(7-4-11-32-28)20-10-13-36-27(15-20)25(18-33-36)29(37)34-22-16-23-6-5-12-35(23)30(2,3)17-22;1-12-4-6-16(19)15(9-12)18-14(3-2-8-20-18)13-5-7-17-21-11-22-23(17)10-13;18-12-4-5-15(19)14(8-12)17-13(2-1-7-20-17)11-3-6-16-21-10-22-23(16)9-11;18-14-4-1-3-12(9-14)17-15(5-2-8-19-17)13-6-7-16-20-11-21-22(16)10-13/h4,7-12,14,17-18,22-23H,5-6,13,15-16H2,1-3H3,(H,34,37);4,7-11,13-15,18,22-23H,5-6,12,16-17H2,1-3H3,(H,34,37);2-11H,1H3;1-10H;1-11H/t2*22-,23+;;;/m11.../s1. The molecule has 24 rings (SSSR count). The molecule has 19 heterocycles. The Hall–Kier alpha value is -15.8. The fourth-order valence-electron chi connectivity index (χ4n) is 20.4. The van der Waals surface area contributed by atoms with E-state index in [1.807, 2.05) is 206 Å². The van der Waals surface area contributed by atoms with Crippen LogP contribution in [0.1, 0.15) is 117 Å². The summed E-state index contributed by atoms with van der Waals surface area (Å²) in [4.78, 5) is 71.6. The quantitative estimate of drug-likeness (QED) is 0.0960. The molecule has 2 amide bonds. The number of amides is 2. The second kappa shape index (κ2) is 40.2. The highest BCUT2D eigenvalue weighted by atomic mass is 35.5. The lowest BCUT2D eigenvalue weighted by molar-refractivity contribution is 0.0361. The summed E-state index contributed by atoms with van der Waals surface area (Å²) in [5.74, 6) is -1.30. The van der Waals surface area contributed by atoms with Crippen LogP contribution in [0.5, 0.6) is 0 Å². The molecule has 0 bridgehead atoms. The lowest BCUT2D eigenvalue weighted by Gasteiger charge is -2.47. The molecule has 4 saturated heterocycles. The van der Waals surface area contributed by atoms with Crippen LogP contribution in [-0.4, -0.2) is 158 Å². The molecule has 24 nitrogen and oxygen atoms in total. The number of aromatic nitrogens is 18. The summed E-state index contributed by atoms with van der Waals surface area (Å²) >= 11 is 12.1. The van der Waals surface area contributed by atoms with Gasteiger partial charge in [-0.05, 0) is 299 Å². The first kappa shape index (κ1) is 93.9. The number of piperidine rings is 2. The first-order valence-electron chi connectivity index (χ1n) is 47.1. The van der Waals surface area contributed by atoms with Crippen molar-refractivity contribution in [3.8, 4) is 112 Å². The van der Waals surface area contributed by atoms with Crippen molar-refractivity contribution in [2.45, 2.75) is 135 Å². The number of nitrogens with zero attached hydrogens (tertiary/aromatic N) is 20. The van der Waals surface area contributed by atoms with E-state index in [1.165, 1.54) is 68.7 Å². The number of aryl methyl sites for hydroxylation is 3. The Morgan fingerprint density at radius 3 is 1.28 bits per heavy atom. The summed E-state index contributed by atoms with van der Waals surface area (Å²) in [7, 11) is 0. The van der Waals surface area contributed by atoms with Crippen molar-refractivity contribution >= 4 is 63.1 Å². The Balaban J connectivity index is 0.000000111. The highest BCUT2D eigenvalue weighted by Gasteiger charge is 2.45. The third kappa shape index (κ3) is 19.9. The topological polar surface area (TPSA) is 254 Å². The average Bonchev–Trinajstić information content (AvgIpc) is 1.70. The number of rotatable bonds is 14. The Morgan fingerprint density at radius 1 is 0.366 bits per heavy atom. The maximum atomic E-state index is 14.3. The number of hydrogen-bond donors (Lipinski definition) is 2. The molecule has 4 fully saturated rings. The van der Waals surface area contributed by atoms with Gasteiger partial charge in [0, 0.05) is 185 Å². The minimum atomic E-state index is -0.365. The van der Waals surface area contributed by atoms with Gasteiger partial charge in [-0.15, -0.1) is 0 Å². The number of carbonyl (C=O) groups excluding carboxylic acids is 2. The molecule has 5 aromatic carbocycles. The average molecular weight is 1930 g/mol. The van der Waals surface area contributed by atoms with Crippen molar-refractivity contribution in [3.05, 3.63) is 373 Å². The zero-order chi connectivity index (χ0) is 98.0. The lowest BCUT2D eigenvalue weighted by atomic mass is 9.83. The number of benzene rings is 5. The van der Waals surface area contributed by atoms with E-state index in [2.05, 4.69) is 113 Å². The third-order valence-electron chi connectivity index (χ3n) is 27.0. The Bertz CT molecular complexity index is 7750. The smallest absolute Gasteiger partial charge is 0.270 e. The van der Waals surface area contributed by atoms with Crippen LogP contribution in [0.25, 0.3) is 140 Å². The SMILES string of the molecule is Cc1cc(-c2ncccc2-c2ccc3ncc(C(=O)N[C@@H]4C[C@@H]5CCCN5C(C)(C)C4)n3c2)ccc1F.Cc1cc(-c2ncccc2-c2ccn3ncc(C(=O)N[C@@H]4C[C@@H]5CCCN5C(C)(C)C4)c3c2)ccc1F.Cc1ccc(F)c(-c2ncccc2-c2ccc3ncnn3c2)c1.Clc1cccc(-c2ncccc2-c2ccc3ncnn3c2)c1.Fc1ccc(Cl)cc1-c1ncccc1-c1ccc2ncnn2c1. The fourth-order valence-corrected chi connectivity index (χ4v) is 20.7. The minimum Gasteiger partial charge on any atom is -0.349 e. The maximum absolute atomic E-state index is 14.3. The van der Waals surface area contributed by atoms with Gasteiger partial charge in [-0.2, -0.15) is 20.4 Å². The van der Waals surface area contributed by atoms with E-state index in [1.54, 1.807) is 106 Å². The summed E-state index contributed by atoms with van der Waals surface area (Å²) in [6.45, 7) is 16.9. The normalized spacial score (nSPS) is 16.3. The first-order chi connectivity index (χ1) is 68.8. The van der Waals surface area contributed by atoms with Crippen molar-refractivity contribution in [2.24, 2.45) is 0 Å².